The van der Waals surface area contributed by atoms with Crippen molar-refractivity contribution in [2.75, 3.05) is 7.11 Å². The van der Waals surface area contributed by atoms with Crippen molar-refractivity contribution in [2.24, 2.45) is 51.8 Å². The van der Waals surface area contributed by atoms with Crippen molar-refractivity contribution in [2.45, 2.75) is 78.2 Å². The monoisotopic (exact) mass is 344 g/mol. The second-order valence-electron chi connectivity index (χ2n) is 11.0. The van der Waals surface area contributed by atoms with Crippen molar-refractivity contribution in [3.05, 3.63) is 0 Å². The number of carbonyl (C=O) groups excluding carboxylic acids is 1. The van der Waals surface area contributed by atoms with Crippen molar-refractivity contribution in [3.8, 4) is 0 Å². The lowest BCUT2D eigenvalue weighted by Gasteiger charge is -2.61. The molecule has 5 rings (SSSR count). The molecule has 0 aromatic carbocycles. The topological polar surface area (TPSA) is 26.3 Å². The summed E-state index contributed by atoms with van der Waals surface area (Å²) >= 11 is 0. The fraction of sp³-hybridized carbons (Fsp3) is 0.957. The summed E-state index contributed by atoms with van der Waals surface area (Å²) in [7, 11) is 1.97. The SMILES string of the molecule is CO[C@@H]1C[C@H]2[C@@H]3CC[C@H](C(C)C=O)[C@@]3(C)CC[C@@H]2[C@@]2(C)CC[C@H]3C[C@]312. The molecule has 0 bridgehead atoms. The van der Waals surface area contributed by atoms with Gasteiger partial charge in [-0.1, -0.05) is 20.8 Å². The summed E-state index contributed by atoms with van der Waals surface area (Å²) in [5, 5.41) is 0. The number of hydrogen-bond acceptors (Lipinski definition) is 2. The standard InChI is InChI=1S/C23H36O2/c1-14(13-24)17-5-6-18-16-11-20(25-4)23-12-15(23)7-10-22(23,3)19(16)8-9-21(17,18)2/h13-20H,5-12H2,1-4H3/t14?,15-,16-,17+,18-,19-,20+,21+,22+,23-/m0/s1. The van der Waals surface area contributed by atoms with Gasteiger partial charge in [0.1, 0.15) is 6.29 Å². The van der Waals surface area contributed by atoms with E-state index in [4.69, 9.17) is 4.74 Å². The lowest BCUT2D eigenvalue weighted by molar-refractivity contribution is -0.161. The number of hydrogen-bond donors (Lipinski definition) is 0. The first-order chi connectivity index (χ1) is 11.9. The molecular weight excluding hydrogens is 308 g/mol. The van der Waals surface area contributed by atoms with Crippen molar-refractivity contribution >= 4 is 6.29 Å². The molecule has 0 amide bonds. The highest BCUT2D eigenvalue weighted by Crippen LogP contribution is 2.82. The van der Waals surface area contributed by atoms with E-state index in [1.807, 2.05) is 7.11 Å². The van der Waals surface area contributed by atoms with Crippen LogP contribution >= 0.6 is 0 Å². The molecule has 5 fully saturated rings. The Morgan fingerprint density at radius 2 is 1.88 bits per heavy atom. The van der Waals surface area contributed by atoms with Gasteiger partial charge in [0.2, 0.25) is 0 Å². The first-order valence-corrected chi connectivity index (χ1v) is 10.9. The summed E-state index contributed by atoms with van der Waals surface area (Å²) in [6.45, 7) is 7.35. The third-order valence-corrected chi connectivity index (χ3v) is 10.8. The minimum atomic E-state index is 0.231. The first kappa shape index (κ1) is 16.8. The van der Waals surface area contributed by atoms with Crippen molar-refractivity contribution < 1.29 is 9.53 Å². The van der Waals surface area contributed by atoms with E-state index in [1.54, 1.807) is 0 Å². The molecule has 25 heavy (non-hydrogen) atoms. The molecule has 1 spiro atoms. The summed E-state index contributed by atoms with van der Waals surface area (Å²) < 4.78 is 6.18. The Hall–Kier alpha value is -0.370. The zero-order valence-corrected chi connectivity index (χ0v) is 16.6. The average molecular weight is 345 g/mol. The molecule has 0 N–H and O–H groups in total. The number of aldehydes is 1. The van der Waals surface area contributed by atoms with Crippen molar-refractivity contribution in [1.29, 1.82) is 0 Å². The van der Waals surface area contributed by atoms with Gasteiger partial charge in [0.05, 0.1) is 6.10 Å². The lowest BCUT2D eigenvalue weighted by atomic mass is 9.45. The quantitative estimate of drug-likeness (QED) is 0.665. The number of fused-ring (bicyclic) bond motifs is 4. The van der Waals surface area contributed by atoms with Gasteiger partial charge in [-0.05, 0) is 91.8 Å². The smallest absolute Gasteiger partial charge is 0.123 e. The Bertz CT molecular complexity index is 587. The van der Waals surface area contributed by atoms with Crippen LogP contribution in [0.5, 0.6) is 0 Å². The van der Waals surface area contributed by atoms with Gasteiger partial charge in [-0.3, -0.25) is 0 Å². The average Bonchev–Trinajstić information content (AvgIpc) is 3.12. The van der Waals surface area contributed by atoms with Gasteiger partial charge in [0, 0.05) is 18.4 Å². The summed E-state index contributed by atoms with van der Waals surface area (Å²) in [4.78, 5) is 11.5. The highest BCUT2D eigenvalue weighted by atomic mass is 16.5. The number of methoxy groups -OCH3 is 1. The van der Waals surface area contributed by atoms with Crippen LogP contribution in [0, 0.1) is 51.8 Å². The maximum Gasteiger partial charge on any atom is 0.123 e. The Kier molecular flexibility index (Phi) is 3.43. The molecule has 5 aliphatic rings. The Balaban J connectivity index is 1.50. The summed E-state index contributed by atoms with van der Waals surface area (Å²) in [5.74, 6) is 4.37. The molecule has 0 aromatic heterocycles. The molecular formula is C23H36O2. The largest absolute Gasteiger partial charge is 0.381 e. The molecule has 0 radical (unpaired) electrons. The minimum absolute atomic E-state index is 0.231. The van der Waals surface area contributed by atoms with Crippen LogP contribution in [0.15, 0.2) is 0 Å². The van der Waals surface area contributed by atoms with Crippen LogP contribution in [0.2, 0.25) is 0 Å². The normalized spacial score (nSPS) is 60.2. The van der Waals surface area contributed by atoms with Gasteiger partial charge in [-0.25, -0.2) is 0 Å². The summed E-state index contributed by atoms with van der Waals surface area (Å²) in [5.41, 5.74) is 1.45. The number of carbonyl (C=O) groups is 1. The van der Waals surface area contributed by atoms with Crippen LogP contribution < -0.4 is 0 Å². The van der Waals surface area contributed by atoms with Crippen molar-refractivity contribution in [1.82, 2.24) is 0 Å². The van der Waals surface area contributed by atoms with Crippen LogP contribution in [0.25, 0.3) is 0 Å². The Labute approximate surface area is 153 Å². The molecule has 0 heterocycles. The molecule has 1 unspecified atom stereocenters. The second kappa shape index (κ2) is 5.12. The first-order valence-electron chi connectivity index (χ1n) is 10.9. The predicted molar refractivity (Wildman–Crippen MR) is 99.1 cm³/mol. The molecule has 2 nitrogen and oxygen atoms in total. The van der Waals surface area contributed by atoms with Crippen LogP contribution in [0.3, 0.4) is 0 Å². The fourth-order valence-corrected chi connectivity index (χ4v) is 9.58. The van der Waals surface area contributed by atoms with Gasteiger partial charge >= 0.3 is 0 Å². The van der Waals surface area contributed by atoms with E-state index in [2.05, 4.69) is 20.8 Å². The maximum absolute atomic E-state index is 11.5. The van der Waals surface area contributed by atoms with E-state index in [9.17, 15) is 4.79 Å². The van der Waals surface area contributed by atoms with Crippen LogP contribution in [0.4, 0.5) is 0 Å². The van der Waals surface area contributed by atoms with Gasteiger partial charge in [0.15, 0.2) is 0 Å². The van der Waals surface area contributed by atoms with E-state index < -0.39 is 0 Å². The van der Waals surface area contributed by atoms with E-state index in [-0.39, 0.29) is 5.92 Å². The molecule has 0 saturated heterocycles. The third kappa shape index (κ3) is 1.79. The molecule has 2 heteroatoms. The Morgan fingerprint density at radius 3 is 2.56 bits per heavy atom. The summed E-state index contributed by atoms with van der Waals surface area (Å²) in [6.07, 6.45) is 12.7. The third-order valence-electron chi connectivity index (χ3n) is 10.8. The van der Waals surface area contributed by atoms with Crippen LogP contribution in [-0.2, 0) is 9.53 Å². The van der Waals surface area contributed by atoms with E-state index in [1.165, 1.54) is 57.7 Å². The number of rotatable bonds is 3. The van der Waals surface area contributed by atoms with Gasteiger partial charge < -0.3 is 9.53 Å². The van der Waals surface area contributed by atoms with E-state index in [0.29, 0.717) is 28.3 Å². The highest BCUT2D eigenvalue weighted by Gasteiger charge is 2.77. The molecule has 0 aromatic rings. The van der Waals surface area contributed by atoms with Crippen LogP contribution in [0.1, 0.15) is 72.1 Å². The lowest BCUT2D eigenvalue weighted by Crippen LogP contribution is -2.57. The van der Waals surface area contributed by atoms with E-state index >= 15 is 0 Å². The molecule has 10 atom stereocenters. The van der Waals surface area contributed by atoms with Crippen molar-refractivity contribution in [3.63, 3.8) is 0 Å². The van der Waals surface area contributed by atoms with E-state index in [0.717, 1.165) is 23.7 Å². The molecule has 140 valence electrons. The zero-order valence-electron chi connectivity index (χ0n) is 16.6. The van der Waals surface area contributed by atoms with Gasteiger partial charge in [0.25, 0.3) is 0 Å². The van der Waals surface area contributed by atoms with Gasteiger partial charge in [-0.15, -0.1) is 0 Å². The van der Waals surface area contributed by atoms with Gasteiger partial charge in [-0.2, -0.15) is 0 Å². The predicted octanol–water partition coefficient (Wildman–Crippen LogP) is 5.11. The maximum atomic E-state index is 11.5. The Morgan fingerprint density at radius 1 is 1.08 bits per heavy atom. The van der Waals surface area contributed by atoms with Crippen LogP contribution in [-0.4, -0.2) is 19.5 Å². The summed E-state index contributed by atoms with van der Waals surface area (Å²) in [6, 6.07) is 0. The molecule has 0 aliphatic heterocycles. The minimum Gasteiger partial charge on any atom is -0.381 e. The zero-order chi connectivity index (χ0) is 17.6. The highest BCUT2D eigenvalue weighted by molar-refractivity contribution is 5.53. The number of ether oxygens (including phenoxy) is 1. The molecule has 5 aliphatic carbocycles. The molecule has 5 saturated carbocycles. The second-order valence-corrected chi connectivity index (χ2v) is 11.0. The fourth-order valence-electron chi connectivity index (χ4n) is 9.58.